The van der Waals surface area contributed by atoms with Gasteiger partial charge in [0.1, 0.15) is 65.9 Å². The molecule has 16 nitrogen and oxygen atoms in total. The molecule has 5 heterocycles. The Balaban J connectivity index is 1.000. The number of methoxy groups -OCH3 is 1. The number of nitrogens with one attached hydrogen (secondary N) is 2. The Morgan fingerprint density at radius 3 is 2.49 bits per heavy atom. The van der Waals surface area contributed by atoms with Gasteiger partial charge in [0.15, 0.2) is 5.82 Å². The van der Waals surface area contributed by atoms with Crippen molar-refractivity contribution >= 4 is 70.8 Å². The number of hydrogen-bond acceptors (Lipinski definition) is 16. The Morgan fingerprint density at radius 1 is 0.857 bits per heavy atom. The number of likely N-dealkylation sites (N-methyl/N-ethyl adjacent to an activating group) is 1. The van der Waals surface area contributed by atoms with Crippen molar-refractivity contribution in [2.24, 2.45) is 0 Å². The first-order valence-corrected chi connectivity index (χ1v) is 23.9. The SMILES string of the molecule is CNCCNC[C@@H]1COc2ccc(OCc3ccnc(-c4ccc(OCCOCCOCCOC)cc4)n3)c(c2)C[C@H](C(=O)O)Oc2ncnc3sc4c5ccc(F)cc5c5c(Cl)c(ccc5c4c23)O1. The van der Waals surface area contributed by atoms with Crippen molar-refractivity contribution in [3.8, 4) is 40.3 Å². The molecule has 0 saturated carbocycles. The van der Waals surface area contributed by atoms with E-state index >= 15 is 4.39 Å². The number of carboxylic acids is 1. The fourth-order valence-electron chi connectivity index (χ4n) is 8.07. The topological polar surface area (TPSA) is 187 Å². The first kappa shape index (κ1) is 48.5. The van der Waals surface area contributed by atoms with Gasteiger partial charge in [-0.2, -0.15) is 0 Å². The molecular weight excluding hydrogens is 943 g/mol. The summed E-state index contributed by atoms with van der Waals surface area (Å²) in [5.74, 6) is 0.768. The third-order valence-electron chi connectivity index (χ3n) is 11.4. The van der Waals surface area contributed by atoms with Crippen LogP contribution in [0.15, 0.2) is 91.4 Å². The summed E-state index contributed by atoms with van der Waals surface area (Å²) in [6, 6.07) is 22.6. The summed E-state index contributed by atoms with van der Waals surface area (Å²) in [4.78, 5) is 32.1. The highest BCUT2D eigenvalue weighted by atomic mass is 35.5. The second kappa shape index (κ2) is 22.9. The van der Waals surface area contributed by atoms with E-state index in [4.69, 9.17) is 54.5 Å². The van der Waals surface area contributed by atoms with E-state index in [-0.39, 0.29) is 30.5 Å². The van der Waals surface area contributed by atoms with Crippen molar-refractivity contribution in [1.82, 2.24) is 30.6 Å². The van der Waals surface area contributed by atoms with Gasteiger partial charge in [0.25, 0.3) is 0 Å². The molecule has 2 aliphatic heterocycles. The molecule has 0 spiro atoms. The van der Waals surface area contributed by atoms with Crippen LogP contribution >= 0.6 is 22.9 Å². The minimum Gasteiger partial charge on any atom is -0.491 e. The van der Waals surface area contributed by atoms with E-state index in [0.29, 0.717) is 125 Å². The molecule has 10 rings (SSSR count). The molecule has 6 bridgehead atoms. The molecule has 70 heavy (non-hydrogen) atoms. The van der Waals surface area contributed by atoms with Gasteiger partial charge in [-0.25, -0.2) is 29.1 Å². The number of fused-ring (bicyclic) bond motifs is 8. The highest BCUT2D eigenvalue weighted by Gasteiger charge is 2.28. The fourth-order valence-corrected chi connectivity index (χ4v) is 9.57. The molecule has 3 N–H and O–H groups in total. The predicted molar refractivity (Wildman–Crippen MR) is 265 cm³/mol. The zero-order chi connectivity index (χ0) is 48.4. The molecule has 0 aliphatic carbocycles. The van der Waals surface area contributed by atoms with Gasteiger partial charge in [0.2, 0.25) is 12.0 Å². The molecule has 19 heteroatoms. The number of ether oxygens (including phenoxy) is 8. The summed E-state index contributed by atoms with van der Waals surface area (Å²) < 4.78 is 63.5. The van der Waals surface area contributed by atoms with E-state index < -0.39 is 24.0 Å². The van der Waals surface area contributed by atoms with Gasteiger partial charge in [0.05, 0.1) is 49.1 Å². The van der Waals surface area contributed by atoms with Gasteiger partial charge in [0, 0.05) is 71.3 Å². The van der Waals surface area contributed by atoms with Crippen LogP contribution in [-0.4, -0.2) is 123 Å². The zero-order valence-electron chi connectivity index (χ0n) is 38.4. The first-order valence-electron chi connectivity index (χ1n) is 22.7. The normalized spacial score (nSPS) is 14.9. The van der Waals surface area contributed by atoms with Crippen molar-refractivity contribution < 1.29 is 52.2 Å². The number of thiophene rings is 1. The molecule has 0 amide bonds. The zero-order valence-corrected chi connectivity index (χ0v) is 39.9. The second-order valence-corrected chi connectivity index (χ2v) is 17.6. The average Bonchev–Trinajstić information content (AvgIpc) is 3.77. The van der Waals surface area contributed by atoms with Crippen LogP contribution in [0.2, 0.25) is 5.02 Å². The molecule has 2 aliphatic rings. The number of carbonyl (C=O) groups is 1. The molecule has 3 aromatic heterocycles. The lowest BCUT2D eigenvalue weighted by Gasteiger charge is -2.22. The number of nitrogens with zero attached hydrogens (tertiary/aromatic N) is 4. The van der Waals surface area contributed by atoms with Gasteiger partial charge in [-0.1, -0.05) is 17.7 Å². The highest BCUT2D eigenvalue weighted by molar-refractivity contribution is 7.26. The standard InChI is InChI=1S/C51H50ClFN6O10S/c1-54-15-16-55-26-36-28-66-35-8-11-40(67-27-33-13-14-56-48(59-33)30-3-6-34(7-4-30)65-22-21-64-20-19-63-18-17-62-2)31(23-35)24-42(51(60)61)69-49-45-44-38-10-12-41(68-36)46(52)43(38)39-25-32(53)5-9-37(39)47(44)70-50(45)58-29-57-49/h3-14,23,25,29,36,42,54-55H,15-22,24,26-28H2,1-2H3,(H,60,61)/t36-,42-/m1/s1. The second-order valence-electron chi connectivity index (χ2n) is 16.2. The van der Waals surface area contributed by atoms with Gasteiger partial charge < -0.3 is 53.6 Å². The quantitative estimate of drug-likeness (QED) is 0.0491. The number of aromatic nitrogens is 4. The third-order valence-corrected chi connectivity index (χ3v) is 13.0. The number of carboxylic acid groups (broad SMARTS) is 1. The van der Waals surface area contributed by atoms with Gasteiger partial charge in [-0.3, -0.25) is 0 Å². The van der Waals surface area contributed by atoms with Crippen LogP contribution in [0.5, 0.6) is 28.9 Å². The molecule has 8 aromatic rings. The lowest BCUT2D eigenvalue weighted by Crippen LogP contribution is -2.38. The molecule has 2 atom stereocenters. The minimum absolute atomic E-state index is 0.0351. The molecule has 0 unspecified atom stereocenters. The van der Waals surface area contributed by atoms with E-state index in [1.807, 2.05) is 37.4 Å². The number of aliphatic carboxylic acids is 1. The Hall–Kier alpha value is -6.51. The van der Waals surface area contributed by atoms with Gasteiger partial charge in [-0.05, 0) is 90.6 Å². The van der Waals surface area contributed by atoms with E-state index in [0.717, 1.165) is 22.2 Å². The Bertz CT molecular complexity index is 3110. The van der Waals surface area contributed by atoms with E-state index in [1.165, 1.54) is 29.8 Å². The Labute approximate surface area is 410 Å². The number of halogens is 2. The van der Waals surface area contributed by atoms with Crippen LogP contribution in [0, 0.1) is 5.82 Å². The summed E-state index contributed by atoms with van der Waals surface area (Å²) in [6.07, 6.45) is 0.857. The van der Waals surface area contributed by atoms with Crippen LogP contribution in [-0.2, 0) is 32.0 Å². The Kier molecular flexibility index (Phi) is 15.9. The van der Waals surface area contributed by atoms with Gasteiger partial charge >= 0.3 is 5.97 Å². The van der Waals surface area contributed by atoms with E-state index in [9.17, 15) is 9.90 Å². The summed E-state index contributed by atoms with van der Waals surface area (Å²) in [7, 11) is 3.50. The average molecular weight is 994 g/mol. The Morgan fingerprint density at radius 2 is 1.67 bits per heavy atom. The number of benzene rings is 5. The van der Waals surface area contributed by atoms with Crippen molar-refractivity contribution in [3.05, 3.63) is 113 Å². The third kappa shape index (κ3) is 11.2. The highest BCUT2D eigenvalue weighted by Crippen LogP contribution is 2.49. The van der Waals surface area contributed by atoms with Crippen molar-refractivity contribution in [1.29, 1.82) is 0 Å². The number of rotatable bonds is 20. The van der Waals surface area contributed by atoms with Gasteiger partial charge in [-0.15, -0.1) is 11.3 Å². The molecule has 5 aromatic carbocycles. The molecule has 0 radical (unpaired) electrons. The maximum absolute atomic E-state index is 15.1. The molecular formula is C51H50ClFN6O10S. The minimum atomic E-state index is -1.44. The molecule has 0 fully saturated rings. The maximum Gasteiger partial charge on any atom is 0.345 e. The van der Waals surface area contributed by atoms with Crippen LogP contribution < -0.4 is 34.3 Å². The first-order chi connectivity index (χ1) is 34.3. The largest absolute Gasteiger partial charge is 0.491 e. The van der Waals surface area contributed by atoms with E-state index in [2.05, 4.69) is 25.6 Å². The van der Waals surface area contributed by atoms with Crippen LogP contribution in [0.1, 0.15) is 11.3 Å². The lowest BCUT2D eigenvalue weighted by atomic mass is 9.97. The van der Waals surface area contributed by atoms with Crippen molar-refractivity contribution in [2.45, 2.75) is 25.2 Å². The molecule has 0 saturated heterocycles. The fraction of sp³-hybridized carbons (Fsp3) is 0.314. The van der Waals surface area contributed by atoms with Crippen molar-refractivity contribution in [3.63, 3.8) is 0 Å². The maximum atomic E-state index is 15.1. The number of hydrogen-bond donors (Lipinski definition) is 3. The van der Waals surface area contributed by atoms with Crippen LogP contribution in [0.4, 0.5) is 4.39 Å². The van der Waals surface area contributed by atoms with Crippen molar-refractivity contribution in [2.75, 3.05) is 80.0 Å². The van der Waals surface area contributed by atoms with E-state index in [1.54, 1.807) is 49.7 Å². The summed E-state index contributed by atoms with van der Waals surface area (Å²) in [5, 5.41) is 21.3. The summed E-state index contributed by atoms with van der Waals surface area (Å²) in [6.45, 7) is 4.70. The predicted octanol–water partition coefficient (Wildman–Crippen LogP) is 8.06. The summed E-state index contributed by atoms with van der Waals surface area (Å²) in [5.41, 5.74) is 1.86. The summed E-state index contributed by atoms with van der Waals surface area (Å²) >= 11 is 8.67. The molecule has 364 valence electrons. The van der Waals surface area contributed by atoms with Crippen LogP contribution in [0.3, 0.4) is 0 Å². The monoisotopic (exact) mass is 992 g/mol. The van der Waals surface area contributed by atoms with Crippen LogP contribution in [0.25, 0.3) is 53.2 Å². The smallest absolute Gasteiger partial charge is 0.345 e. The lowest BCUT2D eigenvalue weighted by molar-refractivity contribution is -0.145.